The van der Waals surface area contributed by atoms with Crippen molar-refractivity contribution in [3.8, 4) is 5.00 Å². The Kier molecular flexibility index (Phi) is 4.30. The van der Waals surface area contributed by atoms with Gasteiger partial charge in [0, 0.05) is 4.88 Å². The number of thiophene rings is 1. The van der Waals surface area contributed by atoms with Gasteiger partial charge in [0.2, 0.25) is 0 Å². The van der Waals surface area contributed by atoms with Gasteiger partial charge < -0.3 is 4.74 Å². The molecule has 1 fully saturated rings. The van der Waals surface area contributed by atoms with Crippen LogP contribution in [-0.4, -0.2) is 26.7 Å². The molecule has 0 aliphatic heterocycles. The fourth-order valence-electron chi connectivity index (χ4n) is 2.17. The Labute approximate surface area is 131 Å². The first-order valence-electron chi connectivity index (χ1n) is 6.98. The summed E-state index contributed by atoms with van der Waals surface area (Å²) < 4.78 is 6.89. The molecule has 0 atom stereocenters. The van der Waals surface area contributed by atoms with Gasteiger partial charge in [-0.1, -0.05) is 0 Å². The van der Waals surface area contributed by atoms with Crippen LogP contribution in [0.3, 0.4) is 0 Å². The molecule has 3 rings (SSSR count). The second-order valence-corrected chi connectivity index (χ2v) is 6.97. The van der Waals surface area contributed by atoms with Crippen molar-refractivity contribution in [2.45, 2.75) is 38.4 Å². The number of hydrogen-bond donors (Lipinski definition) is 0. The van der Waals surface area contributed by atoms with Crippen molar-refractivity contribution in [3.63, 3.8) is 0 Å². The summed E-state index contributed by atoms with van der Waals surface area (Å²) in [5, 5.41) is 8.94. The fourth-order valence-corrected chi connectivity index (χ4v) is 4.15. The zero-order chi connectivity index (χ0) is 14.8. The lowest BCUT2D eigenvalue weighted by Gasteiger charge is -2.03. The highest BCUT2D eigenvalue weighted by Crippen LogP contribution is 2.46. The summed E-state index contributed by atoms with van der Waals surface area (Å²) in [6.07, 6.45) is 4.31. The van der Waals surface area contributed by atoms with Gasteiger partial charge in [-0.3, -0.25) is 4.57 Å². The second kappa shape index (κ2) is 6.19. The smallest absolute Gasteiger partial charge is 0.367 e. The third-order valence-corrected chi connectivity index (χ3v) is 5.48. The summed E-state index contributed by atoms with van der Waals surface area (Å²) in [6, 6.07) is 2.18. The van der Waals surface area contributed by atoms with Crippen LogP contribution >= 0.6 is 23.1 Å². The molecule has 112 valence electrons. The molecule has 0 N–H and O–H groups in total. The Morgan fingerprint density at radius 2 is 2.38 bits per heavy atom. The number of aryl methyl sites for hydroxylation is 1. The van der Waals surface area contributed by atoms with Gasteiger partial charge in [0.25, 0.3) is 0 Å². The van der Waals surface area contributed by atoms with E-state index in [2.05, 4.69) is 23.2 Å². The van der Waals surface area contributed by atoms with Gasteiger partial charge in [-0.25, -0.2) is 4.79 Å². The average molecular weight is 323 g/mol. The molecule has 0 amide bonds. The van der Waals surface area contributed by atoms with E-state index in [1.807, 2.05) is 4.57 Å². The Hall–Kier alpha value is -1.34. The molecule has 1 aliphatic carbocycles. The van der Waals surface area contributed by atoms with E-state index in [0.717, 1.165) is 28.5 Å². The third kappa shape index (κ3) is 3.29. The molecule has 1 aliphatic rings. The van der Waals surface area contributed by atoms with E-state index in [4.69, 9.17) is 4.74 Å². The van der Waals surface area contributed by atoms with E-state index < -0.39 is 0 Å². The first kappa shape index (κ1) is 14.6. The number of nitrogens with zero attached hydrogens (tertiary/aromatic N) is 3. The lowest BCUT2D eigenvalue weighted by atomic mass is 10.2. The first-order valence-corrected chi connectivity index (χ1v) is 8.78. The predicted octanol–water partition coefficient (Wildman–Crippen LogP) is 3.90. The Morgan fingerprint density at radius 3 is 3.10 bits per heavy atom. The van der Waals surface area contributed by atoms with Crippen LogP contribution in [0.2, 0.25) is 0 Å². The van der Waals surface area contributed by atoms with E-state index in [1.54, 1.807) is 24.6 Å². The SMILES string of the molecule is CCOC(=O)SCc1nncn1-c1cc(C)c(C2CC2)s1. The number of ether oxygens (including phenoxy) is 1. The number of carbonyl (C=O) groups is 1. The summed E-state index contributed by atoms with van der Waals surface area (Å²) in [5.74, 6) is 1.99. The Balaban J connectivity index is 1.75. The van der Waals surface area contributed by atoms with E-state index in [0.29, 0.717) is 12.4 Å². The molecule has 0 radical (unpaired) electrons. The summed E-state index contributed by atoms with van der Waals surface area (Å²) >= 11 is 2.92. The van der Waals surface area contributed by atoms with Crippen molar-refractivity contribution < 1.29 is 9.53 Å². The van der Waals surface area contributed by atoms with Crippen molar-refractivity contribution >= 4 is 28.4 Å². The lowest BCUT2D eigenvalue weighted by molar-refractivity contribution is 0.181. The van der Waals surface area contributed by atoms with Crippen molar-refractivity contribution in [3.05, 3.63) is 28.7 Å². The van der Waals surface area contributed by atoms with Crippen LogP contribution in [0.4, 0.5) is 4.79 Å². The maximum atomic E-state index is 11.4. The number of aromatic nitrogens is 3. The van der Waals surface area contributed by atoms with Gasteiger partial charge in [-0.05, 0) is 56.0 Å². The minimum atomic E-state index is -0.270. The van der Waals surface area contributed by atoms with E-state index in [9.17, 15) is 4.79 Å². The first-order chi connectivity index (χ1) is 10.2. The van der Waals surface area contributed by atoms with Crippen LogP contribution in [-0.2, 0) is 10.5 Å². The molecule has 0 aromatic carbocycles. The highest BCUT2D eigenvalue weighted by Gasteiger charge is 2.27. The van der Waals surface area contributed by atoms with Gasteiger partial charge >= 0.3 is 5.30 Å². The molecule has 1 saturated carbocycles. The minimum Gasteiger partial charge on any atom is -0.458 e. The molecule has 0 unspecified atom stereocenters. The van der Waals surface area contributed by atoms with Crippen LogP contribution in [0, 0.1) is 6.92 Å². The topological polar surface area (TPSA) is 57.0 Å². The Morgan fingerprint density at radius 1 is 1.57 bits per heavy atom. The van der Waals surface area contributed by atoms with Gasteiger partial charge in [-0.15, -0.1) is 21.5 Å². The summed E-state index contributed by atoms with van der Waals surface area (Å²) in [4.78, 5) is 12.9. The normalized spacial score (nSPS) is 14.4. The van der Waals surface area contributed by atoms with Crippen molar-refractivity contribution in [2.24, 2.45) is 0 Å². The highest BCUT2D eigenvalue weighted by molar-refractivity contribution is 8.12. The monoisotopic (exact) mass is 323 g/mol. The molecule has 2 aromatic rings. The Bertz CT molecular complexity index is 646. The standard InChI is InChI=1S/C14H17N3O2S2/c1-3-19-14(18)20-7-11-16-15-8-17(11)12-6-9(2)13(21-12)10-4-5-10/h6,8,10H,3-5,7H2,1-2H3. The zero-order valence-corrected chi connectivity index (χ0v) is 13.7. The molecule has 0 spiro atoms. The molecule has 2 aromatic heterocycles. The van der Waals surface area contributed by atoms with Crippen molar-refractivity contribution in [1.82, 2.24) is 14.8 Å². The molecule has 0 bridgehead atoms. The molecule has 0 saturated heterocycles. The molecular weight excluding hydrogens is 306 g/mol. The summed E-state index contributed by atoms with van der Waals surface area (Å²) in [7, 11) is 0. The number of thioether (sulfide) groups is 1. The van der Waals surface area contributed by atoms with Crippen LogP contribution in [0.15, 0.2) is 12.4 Å². The largest absolute Gasteiger partial charge is 0.458 e. The van der Waals surface area contributed by atoms with Gasteiger partial charge in [0.1, 0.15) is 17.2 Å². The lowest BCUT2D eigenvalue weighted by Crippen LogP contribution is -2.01. The second-order valence-electron chi connectivity index (χ2n) is 5.00. The maximum absolute atomic E-state index is 11.4. The number of carbonyl (C=O) groups excluding carboxylic acids is 1. The van der Waals surface area contributed by atoms with Crippen LogP contribution in [0.5, 0.6) is 0 Å². The van der Waals surface area contributed by atoms with E-state index in [-0.39, 0.29) is 5.30 Å². The molecular formula is C14H17N3O2S2. The maximum Gasteiger partial charge on any atom is 0.367 e. The van der Waals surface area contributed by atoms with Crippen LogP contribution in [0.25, 0.3) is 5.00 Å². The van der Waals surface area contributed by atoms with Crippen molar-refractivity contribution in [1.29, 1.82) is 0 Å². The van der Waals surface area contributed by atoms with Crippen molar-refractivity contribution in [2.75, 3.05) is 6.61 Å². The average Bonchev–Trinajstić information content (AvgIpc) is 3.06. The zero-order valence-electron chi connectivity index (χ0n) is 12.0. The minimum absolute atomic E-state index is 0.270. The molecule has 2 heterocycles. The van der Waals surface area contributed by atoms with Gasteiger partial charge in [0.05, 0.1) is 12.4 Å². The summed E-state index contributed by atoms with van der Waals surface area (Å²) in [6.45, 7) is 4.35. The highest BCUT2D eigenvalue weighted by atomic mass is 32.2. The quantitative estimate of drug-likeness (QED) is 0.781. The van der Waals surface area contributed by atoms with Crippen LogP contribution in [0.1, 0.15) is 41.9 Å². The molecule has 5 nitrogen and oxygen atoms in total. The number of hydrogen-bond acceptors (Lipinski definition) is 6. The predicted molar refractivity (Wildman–Crippen MR) is 84.3 cm³/mol. The molecule has 21 heavy (non-hydrogen) atoms. The number of rotatable bonds is 5. The molecule has 7 heteroatoms. The van der Waals surface area contributed by atoms with Gasteiger partial charge in [-0.2, -0.15) is 0 Å². The van der Waals surface area contributed by atoms with E-state index >= 15 is 0 Å². The fraction of sp³-hybridized carbons (Fsp3) is 0.500. The third-order valence-electron chi connectivity index (χ3n) is 3.33. The van der Waals surface area contributed by atoms with Gasteiger partial charge in [0.15, 0.2) is 0 Å². The van der Waals surface area contributed by atoms with E-state index in [1.165, 1.54) is 23.3 Å². The summed E-state index contributed by atoms with van der Waals surface area (Å²) in [5.41, 5.74) is 1.34. The van der Waals surface area contributed by atoms with Crippen LogP contribution < -0.4 is 0 Å².